The SMILES string of the molecule is O=CC1O[C@@H](CO)CN1c1ccc(I)cc1. The fraction of sp³-hybridized carbons (Fsp3) is 0.364. The number of aldehydes is 1. The normalized spacial score (nSPS) is 24.8. The zero-order valence-electron chi connectivity index (χ0n) is 8.54. The number of halogens is 1. The lowest BCUT2D eigenvalue weighted by Gasteiger charge is -2.20. The van der Waals surface area contributed by atoms with E-state index in [2.05, 4.69) is 22.6 Å². The number of aliphatic hydroxyl groups excluding tert-OH is 1. The van der Waals surface area contributed by atoms with E-state index in [0.717, 1.165) is 15.5 Å². The van der Waals surface area contributed by atoms with E-state index in [1.54, 1.807) is 0 Å². The first-order valence-electron chi connectivity index (χ1n) is 4.98. The summed E-state index contributed by atoms with van der Waals surface area (Å²) in [5, 5.41) is 9.02. The molecule has 0 radical (unpaired) electrons. The van der Waals surface area contributed by atoms with Gasteiger partial charge in [0.1, 0.15) is 6.10 Å². The number of ether oxygens (including phenoxy) is 1. The Bertz CT molecular complexity index is 368. The first-order valence-corrected chi connectivity index (χ1v) is 6.06. The first-order chi connectivity index (χ1) is 7.74. The van der Waals surface area contributed by atoms with Gasteiger partial charge in [-0.25, -0.2) is 0 Å². The molecule has 0 amide bonds. The van der Waals surface area contributed by atoms with Gasteiger partial charge in [0.05, 0.1) is 6.61 Å². The molecule has 0 saturated carbocycles. The number of nitrogens with zero attached hydrogens (tertiary/aromatic N) is 1. The molecule has 5 heteroatoms. The Hall–Kier alpha value is -0.660. The quantitative estimate of drug-likeness (QED) is 0.663. The molecule has 1 N–H and O–H groups in total. The molecule has 86 valence electrons. The average molecular weight is 333 g/mol. The summed E-state index contributed by atoms with van der Waals surface area (Å²) in [7, 11) is 0. The molecule has 1 aliphatic rings. The van der Waals surface area contributed by atoms with Crippen molar-refractivity contribution in [2.75, 3.05) is 18.1 Å². The van der Waals surface area contributed by atoms with Crippen molar-refractivity contribution in [3.63, 3.8) is 0 Å². The Morgan fingerprint density at radius 1 is 1.50 bits per heavy atom. The van der Waals surface area contributed by atoms with Crippen molar-refractivity contribution >= 4 is 34.6 Å². The maximum absolute atomic E-state index is 10.9. The van der Waals surface area contributed by atoms with Crippen LogP contribution < -0.4 is 4.90 Å². The molecule has 0 aliphatic carbocycles. The van der Waals surface area contributed by atoms with Gasteiger partial charge >= 0.3 is 0 Å². The van der Waals surface area contributed by atoms with Crippen LogP contribution >= 0.6 is 22.6 Å². The Morgan fingerprint density at radius 3 is 2.75 bits per heavy atom. The Morgan fingerprint density at radius 2 is 2.19 bits per heavy atom. The van der Waals surface area contributed by atoms with Crippen molar-refractivity contribution in [2.24, 2.45) is 0 Å². The van der Waals surface area contributed by atoms with Crippen molar-refractivity contribution in [1.82, 2.24) is 0 Å². The summed E-state index contributed by atoms with van der Waals surface area (Å²) in [4.78, 5) is 12.7. The van der Waals surface area contributed by atoms with Gasteiger partial charge in [0.25, 0.3) is 0 Å². The van der Waals surface area contributed by atoms with Crippen LogP contribution in [0, 0.1) is 3.57 Å². The van der Waals surface area contributed by atoms with E-state index >= 15 is 0 Å². The van der Waals surface area contributed by atoms with Crippen LogP contribution in [0.15, 0.2) is 24.3 Å². The second-order valence-corrected chi connectivity index (χ2v) is 4.84. The van der Waals surface area contributed by atoms with Crippen LogP contribution in [0.3, 0.4) is 0 Å². The topological polar surface area (TPSA) is 49.8 Å². The molecular formula is C11H12INO3. The lowest BCUT2D eigenvalue weighted by molar-refractivity contribution is -0.117. The highest BCUT2D eigenvalue weighted by atomic mass is 127. The van der Waals surface area contributed by atoms with E-state index in [1.165, 1.54) is 0 Å². The summed E-state index contributed by atoms with van der Waals surface area (Å²) in [5.74, 6) is 0. The van der Waals surface area contributed by atoms with Crippen molar-refractivity contribution in [1.29, 1.82) is 0 Å². The second-order valence-electron chi connectivity index (χ2n) is 3.60. The third-order valence-corrected chi connectivity index (χ3v) is 3.24. The van der Waals surface area contributed by atoms with Gasteiger partial charge in [0.15, 0.2) is 12.5 Å². The molecule has 0 bridgehead atoms. The van der Waals surface area contributed by atoms with E-state index in [0.29, 0.717) is 6.54 Å². The number of carbonyl (C=O) groups is 1. The smallest absolute Gasteiger partial charge is 0.187 e. The van der Waals surface area contributed by atoms with Crippen molar-refractivity contribution in [3.05, 3.63) is 27.8 Å². The van der Waals surface area contributed by atoms with Crippen LogP contribution in [-0.2, 0) is 9.53 Å². The van der Waals surface area contributed by atoms with Gasteiger partial charge in [0, 0.05) is 15.8 Å². The van der Waals surface area contributed by atoms with Crippen LogP contribution in [0.5, 0.6) is 0 Å². The van der Waals surface area contributed by atoms with Crippen LogP contribution in [0.2, 0.25) is 0 Å². The van der Waals surface area contributed by atoms with E-state index < -0.39 is 6.23 Å². The summed E-state index contributed by atoms with van der Waals surface area (Å²) < 4.78 is 6.50. The van der Waals surface area contributed by atoms with Crippen LogP contribution in [0.1, 0.15) is 0 Å². The molecule has 1 heterocycles. The van der Waals surface area contributed by atoms with Crippen molar-refractivity contribution in [3.8, 4) is 0 Å². The highest BCUT2D eigenvalue weighted by Crippen LogP contribution is 2.24. The minimum absolute atomic E-state index is 0.0643. The van der Waals surface area contributed by atoms with Gasteiger partial charge in [-0.05, 0) is 46.9 Å². The highest BCUT2D eigenvalue weighted by Gasteiger charge is 2.32. The van der Waals surface area contributed by atoms with Gasteiger partial charge in [-0.15, -0.1) is 0 Å². The van der Waals surface area contributed by atoms with Gasteiger partial charge in [-0.3, -0.25) is 4.79 Å². The molecule has 1 saturated heterocycles. The lowest BCUT2D eigenvalue weighted by Crippen LogP contribution is -2.31. The predicted octanol–water partition coefficient (Wildman–Crippen LogP) is 1.01. The number of anilines is 1. The lowest BCUT2D eigenvalue weighted by atomic mass is 10.2. The van der Waals surface area contributed by atoms with Crippen LogP contribution in [-0.4, -0.2) is 36.9 Å². The number of aliphatic hydroxyl groups is 1. The molecule has 1 aliphatic heterocycles. The molecule has 2 rings (SSSR count). The van der Waals surface area contributed by atoms with Crippen molar-refractivity contribution < 1.29 is 14.6 Å². The Kier molecular flexibility index (Phi) is 3.78. The second kappa shape index (κ2) is 5.11. The molecule has 4 nitrogen and oxygen atoms in total. The monoisotopic (exact) mass is 333 g/mol. The molecule has 0 spiro atoms. The summed E-state index contributed by atoms with van der Waals surface area (Å²) >= 11 is 2.23. The standard InChI is InChI=1S/C11H12INO3/c12-8-1-3-9(4-2-8)13-5-10(6-14)16-11(13)7-15/h1-4,7,10-11,14H,5-6H2/t10-,11?/m1/s1. The summed E-state index contributed by atoms with van der Waals surface area (Å²) in [6.45, 7) is 0.478. The van der Waals surface area contributed by atoms with Crippen molar-refractivity contribution in [2.45, 2.75) is 12.3 Å². The van der Waals surface area contributed by atoms with Gasteiger partial charge in [-0.1, -0.05) is 0 Å². The Labute approximate surface area is 107 Å². The number of hydrogen-bond donors (Lipinski definition) is 1. The molecule has 1 unspecified atom stereocenters. The maximum Gasteiger partial charge on any atom is 0.187 e. The minimum atomic E-state index is -0.586. The Balaban J connectivity index is 2.19. The molecule has 1 aromatic rings. The third-order valence-electron chi connectivity index (χ3n) is 2.52. The van der Waals surface area contributed by atoms with E-state index in [-0.39, 0.29) is 12.7 Å². The zero-order valence-corrected chi connectivity index (χ0v) is 10.7. The van der Waals surface area contributed by atoms with E-state index in [4.69, 9.17) is 9.84 Å². The molecule has 16 heavy (non-hydrogen) atoms. The molecular weight excluding hydrogens is 321 g/mol. The number of benzene rings is 1. The number of rotatable bonds is 3. The summed E-state index contributed by atoms with van der Waals surface area (Å²) in [6, 6.07) is 7.84. The molecule has 2 atom stereocenters. The van der Waals surface area contributed by atoms with Gasteiger partial charge in [-0.2, -0.15) is 0 Å². The fourth-order valence-electron chi connectivity index (χ4n) is 1.73. The maximum atomic E-state index is 10.9. The third kappa shape index (κ3) is 2.36. The molecule has 0 aromatic heterocycles. The molecule has 1 aromatic carbocycles. The first kappa shape index (κ1) is 11.8. The van der Waals surface area contributed by atoms with Crippen LogP contribution in [0.25, 0.3) is 0 Å². The summed E-state index contributed by atoms with van der Waals surface area (Å²) in [6.07, 6.45) is -0.111. The number of carbonyl (C=O) groups excluding carboxylic acids is 1. The average Bonchev–Trinajstić information content (AvgIpc) is 2.73. The fourth-order valence-corrected chi connectivity index (χ4v) is 2.09. The van der Waals surface area contributed by atoms with Gasteiger partial charge < -0.3 is 14.7 Å². The predicted molar refractivity (Wildman–Crippen MR) is 68.3 cm³/mol. The summed E-state index contributed by atoms with van der Waals surface area (Å²) in [5.41, 5.74) is 0.938. The van der Waals surface area contributed by atoms with Crippen LogP contribution in [0.4, 0.5) is 5.69 Å². The van der Waals surface area contributed by atoms with Gasteiger partial charge in [0.2, 0.25) is 0 Å². The largest absolute Gasteiger partial charge is 0.394 e. The minimum Gasteiger partial charge on any atom is -0.394 e. The number of hydrogen-bond acceptors (Lipinski definition) is 4. The molecule has 1 fully saturated rings. The van der Waals surface area contributed by atoms with E-state index in [1.807, 2.05) is 29.2 Å². The zero-order chi connectivity index (χ0) is 11.5. The highest BCUT2D eigenvalue weighted by molar-refractivity contribution is 14.1. The van der Waals surface area contributed by atoms with E-state index in [9.17, 15) is 4.79 Å².